The van der Waals surface area contributed by atoms with Gasteiger partial charge >= 0.3 is 0 Å². The Balaban J connectivity index is 1.80. The number of aromatic nitrogens is 3. The second kappa shape index (κ2) is 13.0. The minimum Gasteiger partial charge on any atom is -0.497 e. The lowest BCUT2D eigenvalue weighted by Crippen LogP contribution is -2.34. The predicted octanol–water partition coefficient (Wildman–Crippen LogP) is 3.74. The smallest absolute Gasteiger partial charge is 0.233 e. The molecule has 0 saturated carbocycles. The van der Waals surface area contributed by atoms with E-state index in [2.05, 4.69) is 10.2 Å². The van der Waals surface area contributed by atoms with Gasteiger partial charge in [0.15, 0.2) is 11.0 Å². The van der Waals surface area contributed by atoms with Crippen LogP contribution < -0.4 is 9.47 Å². The number of rotatable bonds is 12. The Kier molecular flexibility index (Phi) is 9.46. The van der Waals surface area contributed by atoms with Crippen LogP contribution >= 0.6 is 11.8 Å². The Morgan fingerprint density at radius 2 is 1.71 bits per heavy atom. The molecule has 0 aliphatic rings. The molecule has 0 saturated heterocycles. The van der Waals surface area contributed by atoms with E-state index in [1.54, 1.807) is 49.6 Å². The SMILES string of the molecule is COc1ccc(OCc2nnc(SCC(=O)N(CCC#N)CCC#N)n2-c2ccccc2F)cc1. The zero-order chi connectivity index (χ0) is 25.0. The van der Waals surface area contributed by atoms with Crippen LogP contribution in [0, 0.1) is 28.5 Å². The third kappa shape index (κ3) is 6.95. The van der Waals surface area contributed by atoms with Gasteiger partial charge in [0.05, 0.1) is 43.5 Å². The van der Waals surface area contributed by atoms with Gasteiger partial charge in [0.2, 0.25) is 5.91 Å². The molecular formula is C24H23FN6O3S. The van der Waals surface area contributed by atoms with Crippen molar-refractivity contribution in [3.63, 3.8) is 0 Å². The number of nitriles is 2. The monoisotopic (exact) mass is 494 g/mol. The van der Waals surface area contributed by atoms with Gasteiger partial charge in [0, 0.05) is 13.1 Å². The summed E-state index contributed by atoms with van der Waals surface area (Å²) in [5, 5.41) is 26.3. The number of thioether (sulfide) groups is 1. The number of ether oxygens (including phenoxy) is 2. The van der Waals surface area contributed by atoms with Crippen molar-refractivity contribution >= 4 is 17.7 Å². The number of carbonyl (C=O) groups is 1. The summed E-state index contributed by atoms with van der Waals surface area (Å²) < 4.78 is 27.2. The fourth-order valence-corrected chi connectivity index (χ4v) is 4.00. The van der Waals surface area contributed by atoms with E-state index >= 15 is 0 Å². The highest BCUT2D eigenvalue weighted by Crippen LogP contribution is 2.25. The first-order valence-electron chi connectivity index (χ1n) is 10.7. The van der Waals surface area contributed by atoms with Crippen molar-refractivity contribution in [3.8, 4) is 29.3 Å². The first-order valence-corrected chi connectivity index (χ1v) is 11.7. The molecule has 9 nitrogen and oxygen atoms in total. The number of carbonyl (C=O) groups excluding carboxylic acids is 1. The van der Waals surface area contributed by atoms with Gasteiger partial charge in [0.1, 0.15) is 23.9 Å². The van der Waals surface area contributed by atoms with E-state index in [4.69, 9.17) is 20.0 Å². The van der Waals surface area contributed by atoms with Gasteiger partial charge in [-0.25, -0.2) is 4.39 Å². The van der Waals surface area contributed by atoms with Crippen molar-refractivity contribution in [2.75, 3.05) is 26.0 Å². The molecule has 1 amide bonds. The van der Waals surface area contributed by atoms with E-state index in [1.165, 1.54) is 15.5 Å². The van der Waals surface area contributed by atoms with Crippen LogP contribution in [-0.4, -0.2) is 51.5 Å². The summed E-state index contributed by atoms with van der Waals surface area (Å²) >= 11 is 1.09. The molecule has 0 aliphatic carbocycles. The summed E-state index contributed by atoms with van der Waals surface area (Å²) in [5.74, 6) is 0.878. The summed E-state index contributed by atoms with van der Waals surface area (Å²) in [7, 11) is 1.57. The first kappa shape index (κ1) is 25.5. The van der Waals surface area contributed by atoms with Crippen molar-refractivity contribution in [2.24, 2.45) is 0 Å². The topological polar surface area (TPSA) is 117 Å². The Labute approximate surface area is 206 Å². The number of halogens is 1. The van der Waals surface area contributed by atoms with Gasteiger partial charge in [0.25, 0.3) is 0 Å². The minimum atomic E-state index is -0.476. The van der Waals surface area contributed by atoms with Gasteiger partial charge < -0.3 is 14.4 Å². The minimum absolute atomic E-state index is 0.0111. The second-order valence-corrected chi connectivity index (χ2v) is 8.08. The van der Waals surface area contributed by atoms with Crippen LogP contribution in [0.5, 0.6) is 11.5 Å². The normalized spacial score (nSPS) is 10.3. The number of para-hydroxylation sites is 1. The lowest BCUT2D eigenvalue weighted by atomic mass is 10.3. The van der Waals surface area contributed by atoms with Crippen LogP contribution in [0.4, 0.5) is 4.39 Å². The summed E-state index contributed by atoms with van der Waals surface area (Å²) in [6.45, 7) is 0.482. The van der Waals surface area contributed by atoms with Gasteiger partial charge in [-0.3, -0.25) is 9.36 Å². The molecular weight excluding hydrogens is 471 g/mol. The van der Waals surface area contributed by atoms with Crippen molar-refractivity contribution in [3.05, 3.63) is 60.2 Å². The van der Waals surface area contributed by atoms with Crippen LogP contribution in [0.1, 0.15) is 18.7 Å². The maximum absolute atomic E-state index is 14.7. The lowest BCUT2D eigenvalue weighted by Gasteiger charge is -2.20. The molecule has 1 aromatic heterocycles. The molecule has 0 fully saturated rings. The van der Waals surface area contributed by atoms with Crippen LogP contribution in [0.2, 0.25) is 0 Å². The van der Waals surface area contributed by atoms with E-state index < -0.39 is 5.82 Å². The van der Waals surface area contributed by atoms with E-state index in [9.17, 15) is 9.18 Å². The quantitative estimate of drug-likeness (QED) is 0.350. The van der Waals surface area contributed by atoms with Crippen LogP contribution in [-0.2, 0) is 11.4 Å². The molecule has 0 atom stereocenters. The molecule has 35 heavy (non-hydrogen) atoms. The molecule has 1 heterocycles. The first-order chi connectivity index (χ1) is 17.1. The highest BCUT2D eigenvalue weighted by molar-refractivity contribution is 7.99. The third-order valence-electron chi connectivity index (χ3n) is 4.89. The van der Waals surface area contributed by atoms with Crippen LogP contribution in [0.3, 0.4) is 0 Å². The Hall–Kier alpha value is -4.09. The molecule has 0 aliphatic heterocycles. The van der Waals surface area contributed by atoms with Crippen LogP contribution in [0.25, 0.3) is 5.69 Å². The van der Waals surface area contributed by atoms with Gasteiger partial charge in [-0.05, 0) is 36.4 Å². The van der Waals surface area contributed by atoms with Gasteiger partial charge in [-0.1, -0.05) is 23.9 Å². The predicted molar refractivity (Wildman–Crippen MR) is 126 cm³/mol. The zero-order valence-corrected chi connectivity index (χ0v) is 19.9. The number of methoxy groups -OCH3 is 1. The van der Waals surface area contributed by atoms with Crippen LogP contribution in [0.15, 0.2) is 53.7 Å². The maximum atomic E-state index is 14.7. The van der Waals surface area contributed by atoms with Crippen molar-refractivity contribution in [2.45, 2.75) is 24.6 Å². The van der Waals surface area contributed by atoms with E-state index in [0.29, 0.717) is 22.5 Å². The molecule has 11 heteroatoms. The molecule has 0 radical (unpaired) electrons. The average molecular weight is 495 g/mol. The van der Waals surface area contributed by atoms with E-state index in [1.807, 2.05) is 12.1 Å². The number of nitrogens with zero attached hydrogens (tertiary/aromatic N) is 6. The van der Waals surface area contributed by atoms with Crippen molar-refractivity contribution in [1.82, 2.24) is 19.7 Å². The molecule has 3 rings (SSSR count). The fourth-order valence-electron chi connectivity index (χ4n) is 3.13. The van der Waals surface area contributed by atoms with Gasteiger partial charge in [-0.15, -0.1) is 10.2 Å². The standard InChI is InChI=1S/C24H23FN6O3S/c1-33-18-8-10-19(11-9-18)34-16-22-28-29-24(31(22)21-7-3-2-6-20(21)25)35-17-23(32)30(14-4-12-26)15-5-13-27/h2-3,6-11H,4-5,14-17H2,1H3. The Bertz CT molecular complexity index is 1200. The number of hydrogen-bond donors (Lipinski definition) is 0. The molecule has 0 N–H and O–H groups in total. The molecule has 0 bridgehead atoms. The third-order valence-corrected chi connectivity index (χ3v) is 5.80. The number of benzene rings is 2. The van der Waals surface area contributed by atoms with Crippen molar-refractivity contribution in [1.29, 1.82) is 10.5 Å². The van der Waals surface area contributed by atoms with Crippen molar-refractivity contribution < 1.29 is 18.7 Å². The fraction of sp³-hybridized carbons (Fsp3) is 0.292. The largest absolute Gasteiger partial charge is 0.497 e. The van der Waals surface area contributed by atoms with E-state index in [-0.39, 0.29) is 49.9 Å². The molecule has 0 spiro atoms. The average Bonchev–Trinajstić information content (AvgIpc) is 3.29. The molecule has 2 aromatic carbocycles. The second-order valence-electron chi connectivity index (χ2n) is 7.14. The summed E-state index contributed by atoms with van der Waals surface area (Å²) in [6, 6.07) is 17.2. The number of hydrogen-bond acceptors (Lipinski definition) is 8. The molecule has 0 unspecified atom stereocenters. The number of amides is 1. The lowest BCUT2D eigenvalue weighted by molar-refractivity contribution is -0.128. The summed E-state index contributed by atoms with van der Waals surface area (Å²) in [5.41, 5.74) is 0.228. The molecule has 180 valence electrons. The van der Waals surface area contributed by atoms with E-state index in [0.717, 1.165) is 11.8 Å². The Morgan fingerprint density at radius 3 is 2.34 bits per heavy atom. The zero-order valence-electron chi connectivity index (χ0n) is 19.1. The maximum Gasteiger partial charge on any atom is 0.233 e. The molecule has 3 aromatic rings. The summed E-state index contributed by atoms with van der Waals surface area (Å²) in [4.78, 5) is 14.2. The van der Waals surface area contributed by atoms with Gasteiger partial charge in [-0.2, -0.15) is 10.5 Å². The summed E-state index contributed by atoms with van der Waals surface area (Å²) in [6.07, 6.45) is 0.334. The highest BCUT2D eigenvalue weighted by Gasteiger charge is 2.20. The highest BCUT2D eigenvalue weighted by atomic mass is 32.2. The Morgan fingerprint density at radius 1 is 1.06 bits per heavy atom.